The standard InChI is InChI=1S/C14H8ClF3O2S/c15-11-6-5-8(7-10(11)14(16,17)18)21-12-4-2-1-3-9(12)13(19)20/h1-7H,(H,19,20). The van der Waals surface area contributed by atoms with Crippen LogP contribution in [-0.2, 0) is 6.18 Å². The second-order valence-corrected chi connectivity index (χ2v) is 5.57. The normalized spacial score (nSPS) is 11.4. The molecule has 7 heteroatoms. The monoisotopic (exact) mass is 332 g/mol. The topological polar surface area (TPSA) is 37.3 Å². The van der Waals surface area contributed by atoms with Crippen LogP contribution in [0.2, 0.25) is 5.02 Å². The summed E-state index contributed by atoms with van der Waals surface area (Å²) in [5.41, 5.74) is -0.909. The zero-order valence-electron chi connectivity index (χ0n) is 10.3. The number of hydrogen-bond acceptors (Lipinski definition) is 2. The average Bonchev–Trinajstić information content (AvgIpc) is 2.40. The van der Waals surface area contributed by atoms with E-state index in [4.69, 9.17) is 16.7 Å². The third kappa shape index (κ3) is 3.71. The lowest BCUT2D eigenvalue weighted by Crippen LogP contribution is -2.05. The van der Waals surface area contributed by atoms with Crippen molar-refractivity contribution in [3.8, 4) is 0 Å². The molecule has 0 unspecified atom stereocenters. The van der Waals surface area contributed by atoms with Gasteiger partial charge in [0.15, 0.2) is 0 Å². The number of benzene rings is 2. The molecule has 0 bridgehead atoms. The average molecular weight is 333 g/mol. The highest BCUT2D eigenvalue weighted by Crippen LogP contribution is 2.39. The minimum Gasteiger partial charge on any atom is -0.478 e. The maximum absolute atomic E-state index is 12.8. The number of carboxylic acid groups (broad SMARTS) is 1. The lowest BCUT2D eigenvalue weighted by molar-refractivity contribution is -0.137. The van der Waals surface area contributed by atoms with E-state index in [0.717, 1.165) is 23.9 Å². The van der Waals surface area contributed by atoms with Crippen LogP contribution in [0.1, 0.15) is 15.9 Å². The van der Waals surface area contributed by atoms with Gasteiger partial charge in [0, 0.05) is 9.79 Å². The molecule has 0 aliphatic heterocycles. The van der Waals surface area contributed by atoms with Gasteiger partial charge in [-0.2, -0.15) is 13.2 Å². The molecule has 0 aromatic heterocycles. The largest absolute Gasteiger partial charge is 0.478 e. The molecule has 0 saturated heterocycles. The molecule has 2 rings (SSSR count). The van der Waals surface area contributed by atoms with E-state index in [-0.39, 0.29) is 10.5 Å². The number of alkyl halides is 3. The Morgan fingerprint density at radius 3 is 2.43 bits per heavy atom. The highest BCUT2D eigenvalue weighted by Gasteiger charge is 2.33. The van der Waals surface area contributed by atoms with Crippen molar-refractivity contribution in [2.24, 2.45) is 0 Å². The third-order valence-electron chi connectivity index (χ3n) is 2.59. The summed E-state index contributed by atoms with van der Waals surface area (Å²) in [7, 11) is 0. The SMILES string of the molecule is O=C(O)c1ccccc1Sc1ccc(Cl)c(C(F)(F)F)c1. The first-order chi connectivity index (χ1) is 9.79. The Bertz CT molecular complexity index is 686. The van der Waals surface area contributed by atoms with Crippen molar-refractivity contribution in [3.63, 3.8) is 0 Å². The van der Waals surface area contributed by atoms with Crippen molar-refractivity contribution in [1.82, 2.24) is 0 Å². The van der Waals surface area contributed by atoms with Crippen LogP contribution in [0, 0.1) is 0 Å². The van der Waals surface area contributed by atoms with Gasteiger partial charge in [-0.3, -0.25) is 0 Å². The lowest BCUT2D eigenvalue weighted by Gasteiger charge is -2.11. The van der Waals surface area contributed by atoms with Crippen molar-refractivity contribution in [2.45, 2.75) is 16.0 Å². The smallest absolute Gasteiger partial charge is 0.417 e. The molecule has 2 aromatic carbocycles. The molecule has 0 atom stereocenters. The molecule has 0 amide bonds. The molecule has 0 spiro atoms. The molecule has 0 saturated carbocycles. The van der Waals surface area contributed by atoms with Gasteiger partial charge >= 0.3 is 12.1 Å². The zero-order valence-corrected chi connectivity index (χ0v) is 11.9. The molecule has 1 N–H and O–H groups in total. The minimum atomic E-state index is -4.56. The van der Waals surface area contributed by atoms with Crippen LogP contribution < -0.4 is 0 Å². The molecule has 2 aromatic rings. The number of halogens is 4. The predicted molar refractivity (Wildman–Crippen MR) is 74.0 cm³/mol. The second-order valence-electron chi connectivity index (χ2n) is 4.04. The molecule has 0 heterocycles. The molecular weight excluding hydrogens is 325 g/mol. The molecule has 110 valence electrons. The minimum absolute atomic E-state index is 0.0333. The number of aromatic carboxylic acids is 1. The van der Waals surface area contributed by atoms with E-state index in [1.165, 1.54) is 18.2 Å². The van der Waals surface area contributed by atoms with Crippen molar-refractivity contribution in [2.75, 3.05) is 0 Å². The van der Waals surface area contributed by atoms with E-state index in [2.05, 4.69) is 0 Å². The first-order valence-corrected chi connectivity index (χ1v) is 6.85. The van der Waals surface area contributed by atoms with E-state index >= 15 is 0 Å². The van der Waals surface area contributed by atoms with Gasteiger partial charge in [0.25, 0.3) is 0 Å². The summed E-state index contributed by atoms with van der Waals surface area (Å²) in [6.45, 7) is 0. The predicted octanol–water partition coefficient (Wildman–Crippen LogP) is 5.21. The molecule has 0 fully saturated rings. The molecule has 0 radical (unpaired) electrons. The van der Waals surface area contributed by atoms with E-state index in [1.54, 1.807) is 12.1 Å². The number of carboxylic acids is 1. The van der Waals surface area contributed by atoms with Crippen LogP contribution in [0.15, 0.2) is 52.3 Å². The van der Waals surface area contributed by atoms with Crippen LogP contribution in [0.3, 0.4) is 0 Å². The summed E-state index contributed by atoms with van der Waals surface area (Å²) >= 11 is 6.48. The Balaban J connectivity index is 2.40. The Labute approximate surface area is 127 Å². The Morgan fingerprint density at radius 1 is 1.14 bits per heavy atom. The highest BCUT2D eigenvalue weighted by molar-refractivity contribution is 7.99. The summed E-state index contributed by atoms with van der Waals surface area (Å²) in [5.74, 6) is -1.14. The van der Waals surface area contributed by atoms with Crippen LogP contribution in [0.5, 0.6) is 0 Å². The summed E-state index contributed by atoms with van der Waals surface area (Å²) in [4.78, 5) is 11.7. The molecule has 21 heavy (non-hydrogen) atoms. The van der Waals surface area contributed by atoms with Crippen molar-refractivity contribution in [1.29, 1.82) is 0 Å². The van der Waals surface area contributed by atoms with E-state index < -0.39 is 22.7 Å². The maximum Gasteiger partial charge on any atom is 0.417 e. The zero-order chi connectivity index (χ0) is 15.6. The van der Waals surface area contributed by atoms with Gasteiger partial charge in [0.05, 0.1) is 16.1 Å². The lowest BCUT2D eigenvalue weighted by atomic mass is 10.2. The fourth-order valence-electron chi connectivity index (χ4n) is 1.64. The molecule has 0 aliphatic carbocycles. The molecular formula is C14H8ClF3O2S. The number of carbonyl (C=O) groups is 1. The summed E-state index contributed by atoms with van der Waals surface area (Å²) in [6, 6.07) is 9.58. The molecule has 2 nitrogen and oxygen atoms in total. The van der Waals surface area contributed by atoms with Gasteiger partial charge in [-0.15, -0.1) is 0 Å². The quantitative estimate of drug-likeness (QED) is 0.838. The second kappa shape index (κ2) is 5.99. The van der Waals surface area contributed by atoms with Crippen LogP contribution >= 0.6 is 23.4 Å². The van der Waals surface area contributed by atoms with Crippen molar-refractivity contribution >= 4 is 29.3 Å². The van der Waals surface area contributed by atoms with Gasteiger partial charge in [-0.25, -0.2) is 4.79 Å². The van der Waals surface area contributed by atoms with Crippen LogP contribution in [0.4, 0.5) is 13.2 Å². The van der Waals surface area contributed by atoms with Gasteiger partial charge in [0.1, 0.15) is 0 Å². The fourth-order valence-corrected chi connectivity index (χ4v) is 2.85. The van der Waals surface area contributed by atoms with Crippen molar-refractivity contribution in [3.05, 3.63) is 58.6 Å². The maximum atomic E-state index is 12.8. The van der Waals surface area contributed by atoms with Crippen molar-refractivity contribution < 1.29 is 23.1 Å². The van der Waals surface area contributed by atoms with E-state index in [9.17, 15) is 18.0 Å². The Kier molecular flexibility index (Phi) is 4.49. The third-order valence-corrected chi connectivity index (χ3v) is 3.98. The van der Waals surface area contributed by atoms with Gasteiger partial charge in [0.2, 0.25) is 0 Å². The number of rotatable bonds is 3. The summed E-state index contributed by atoms with van der Waals surface area (Å²) in [5, 5.41) is 8.67. The molecule has 0 aliphatic rings. The van der Waals surface area contributed by atoms with Crippen LogP contribution in [-0.4, -0.2) is 11.1 Å². The summed E-state index contributed by atoms with van der Waals surface area (Å²) in [6.07, 6.45) is -4.56. The summed E-state index contributed by atoms with van der Waals surface area (Å²) < 4.78 is 38.4. The first-order valence-electron chi connectivity index (χ1n) is 5.66. The Morgan fingerprint density at radius 2 is 1.81 bits per heavy atom. The van der Waals surface area contributed by atoms with Gasteiger partial charge in [-0.05, 0) is 30.3 Å². The Hall–Kier alpha value is -1.66. The fraction of sp³-hybridized carbons (Fsp3) is 0.0714. The van der Waals surface area contributed by atoms with Crippen LogP contribution in [0.25, 0.3) is 0 Å². The number of hydrogen-bond donors (Lipinski definition) is 1. The first kappa shape index (κ1) is 15.7. The highest BCUT2D eigenvalue weighted by atomic mass is 35.5. The van der Waals surface area contributed by atoms with Gasteiger partial charge in [-0.1, -0.05) is 35.5 Å². The van der Waals surface area contributed by atoms with Gasteiger partial charge < -0.3 is 5.11 Å². The van der Waals surface area contributed by atoms with E-state index in [1.807, 2.05) is 0 Å². The van der Waals surface area contributed by atoms with E-state index in [0.29, 0.717) is 4.90 Å².